The Labute approximate surface area is 299 Å². The van der Waals surface area contributed by atoms with E-state index in [0.29, 0.717) is 59.0 Å². The van der Waals surface area contributed by atoms with Gasteiger partial charge in [0.1, 0.15) is 40.0 Å². The van der Waals surface area contributed by atoms with Gasteiger partial charge in [0.25, 0.3) is 10.0 Å². The first-order chi connectivity index (χ1) is 23.7. The third-order valence-electron chi connectivity index (χ3n) is 7.23. The van der Waals surface area contributed by atoms with E-state index in [1.165, 1.54) is 20.5 Å². The molecule has 0 saturated carbocycles. The van der Waals surface area contributed by atoms with Gasteiger partial charge in [0.05, 0.1) is 26.5 Å². The number of anilines is 3. The number of carbonyl (C=O) groups is 1. The van der Waals surface area contributed by atoms with Gasteiger partial charge in [-0.05, 0) is 63.6 Å². The summed E-state index contributed by atoms with van der Waals surface area (Å²) in [7, 11) is -1.81. The van der Waals surface area contributed by atoms with Crippen LogP contribution in [0.25, 0.3) is 0 Å². The summed E-state index contributed by atoms with van der Waals surface area (Å²) in [5.41, 5.74) is 0.786. The van der Waals surface area contributed by atoms with Crippen LogP contribution in [0.5, 0.6) is 11.5 Å². The fourth-order valence-corrected chi connectivity index (χ4v) is 7.10. The van der Waals surface area contributed by atoms with Crippen molar-refractivity contribution in [3.05, 3.63) is 82.6 Å². The van der Waals surface area contributed by atoms with E-state index in [4.69, 9.17) is 25.8 Å². The number of hydrogen-bond acceptors (Lipinski definition) is 11. The van der Waals surface area contributed by atoms with Crippen molar-refractivity contribution in [3.8, 4) is 11.5 Å². The summed E-state index contributed by atoms with van der Waals surface area (Å²) in [6.45, 7) is 8.05. The summed E-state index contributed by atoms with van der Waals surface area (Å²) in [6, 6.07) is 11.3. The highest BCUT2D eigenvalue weighted by molar-refractivity contribution is 7.93. The lowest BCUT2D eigenvalue weighted by Gasteiger charge is -2.27. The van der Waals surface area contributed by atoms with Gasteiger partial charge in [0, 0.05) is 66.1 Å². The molecule has 0 radical (unpaired) electrons. The molecule has 0 saturated heterocycles. The fourth-order valence-electron chi connectivity index (χ4n) is 4.74. The van der Waals surface area contributed by atoms with Crippen molar-refractivity contribution in [1.29, 1.82) is 0 Å². The highest BCUT2D eigenvalue weighted by Crippen LogP contribution is 2.34. The molecule has 3 aromatic carbocycles. The fraction of sp³-hybridized carbons (Fsp3) is 0.364. The minimum Gasteiger partial charge on any atom is -0.497 e. The first-order valence-electron chi connectivity index (χ1n) is 15.4. The molecular weight excluding hydrogens is 714 g/mol. The lowest BCUT2D eigenvalue weighted by atomic mass is 10.1. The van der Waals surface area contributed by atoms with Crippen LogP contribution in [0.15, 0.2) is 59.8 Å². The Morgan fingerprint density at radius 1 is 0.980 bits per heavy atom. The summed E-state index contributed by atoms with van der Waals surface area (Å²) in [5, 5.41) is 6.47. The van der Waals surface area contributed by atoms with Crippen LogP contribution >= 0.6 is 23.1 Å². The lowest BCUT2D eigenvalue weighted by molar-refractivity contribution is 0.0267. The molecule has 0 aliphatic rings. The first kappa shape index (κ1) is 38.4. The van der Waals surface area contributed by atoms with E-state index in [1.54, 1.807) is 62.1 Å². The Kier molecular flexibility index (Phi) is 12.7. The van der Waals surface area contributed by atoms with E-state index < -0.39 is 38.2 Å². The van der Waals surface area contributed by atoms with Gasteiger partial charge in [-0.2, -0.15) is 4.37 Å². The molecule has 1 amide bonds. The van der Waals surface area contributed by atoms with Gasteiger partial charge in [-0.15, -0.1) is 0 Å². The maximum atomic E-state index is 15.7. The molecule has 0 aliphatic carbocycles. The number of sulfonamides is 1. The van der Waals surface area contributed by atoms with Gasteiger partial charge < -0.3 is 29.7 Å². The number of aromatic nitrogens is 2. The van der Waals surface area contributed by atoms with Crippen LogP contribution in [0.4, 0.5) is 30.1 Å². The smallest absolute Gasteiger partial charge is 0.410 e. The molecule has 2 N–H and O–H groups in total. The Bertz CT molecular complexity index is 1890. The van der Waals surface area contributed by atoms with Crippen molar-refractivity contribution < 1.29 is 36.2 Å². The van der Waals surface area contributed by atoms with E-state index in [-0.39, 0.29) is 23.9 Å². The van der Waals surface area contributed by atoms with E-state index in [1.807, 2.05) is 6.92 Å². The normalized spacial score (nSPS) is 11.5. The summed E-state index contributed by atoms with van der Waals surface area (Å²) >= 11 is 7.02. The first-order valence-corrected chi connectivity index (χ1v) is 18.0. The van der Waals surface area contributed by atoms with E-state index in [0.717, 1.165) is 21.9 Å². The number of rotatable bonds is 15. The number of amides is 1. The highest BCUT2D eigenvalue weighted by Gasteiger charge is 2.32. The molecule has 1 heterocycles. The third kappa shape index (κ3) is 9.63. The molecule has 17 heteroatoms. The number of halogens is 3. The van der Waals surface area contributed by atoms with Gasteiger partial charge in [-0.25, -0.2) is 31.3 Å². The molecular formula is C33H39ClF2N6O6S2. The van der Waals surface area contributed by atoms with Crippen molar-refractivity contribution in [3.63, 3.8) is 0 Å². The predicted octanol–water partition coefficient (Wildman–Crippen LogP) is 7.16. The van der Waals surface area contributed by atoms with Crippen molar-refractivity contribution in [2.24, 2.45) is 0 Å². The minimum absolute atomic E-state index is 0.0275. The Hall–Kier alpha value is -4.41. The van der Waals surface area contributed by atoms with Gasteiger partial charge in [-0.3, -0.25) is 0 Å². The molecule has 0 atom stereocenters. The van der Waals surface area contributed by atoms with E-state index >= 15 is 8.78 Å². The van der Waals surface area contributed by atoms with Crippen LogP contribution in [0.2, 0.25) is 5.02 Å². The van der Waals surface area contributed by atoms with Gasteiger partial charge in [0.15, 0.2) is 0 Å². The number of likely N-dealkylation sites (N-methyl/N-ethyl adjacent to an activating group) is 1. The molecule has 270 valence electrons. The second-order valence-corrected chi connectivity index (χ2v) is 14.8. The number of hydrogen-bond donors (Lipinski definition) is 2. The van der Waals surface area contributed by atoms with Crippen LogP contribution in [-0.4, -0.2) is 68.2 Å². The zero-order valence-corrected chi connectivity index (χ0v) is 30.8. The summed E-state index contributed by atoms with van der Waals surface area (Å²) in [5.74, 6) is -1.37. The van der Waals surface area contributed by atoms with Crippen molar-refractivity contribution in [2.75, 3.05) is 48.8 Å². The molecule has 0 unspecified atom stereocenters. The topological polar surface area (TPSA) is 135 Å². The van der Waals surface area contributed by atoms with Gasteiger partial charge >= 0.3 is 6.09 Å². The standard InChI is InChI=1S/C33H39ClF2N6O6S2/c1-7-41(32(43)48-33(2,3)4)13-12-37-27-14-23(34)10-8-21(27)18-38-28-16-26(36)30(17-25(28)35)50(44,45)42(31-39-20-40-49-31)19-22-9-11-24(46-5)15-29(22)47-6/h8-11,14-17,20,37-38H,7,12-13,18-19H2,1-6H3. The van der Waals surface area contributed by atoms with Crippen LogP contribution in [0, 0.1) is 11.6 Å². The second kappa shape index (κ2) is 16.5. The van der Waals surface area contributed by atoms with Crippen LogP contribution in [0.3, 0.4) is 0 Å². The number of ether oxygens (including phenoxy) is 3. The zero-order chi connectivity index (χ0) is 36.6. The monoisotopic (exact) mass is 752 g/mol. The Morgan fingerprint density at radius 3 is 2.36 bits per heavy atom. The van der Waals surface area contributed by atoms with Gasteiger partial charge in [0.2, 0.25) is 5.13 Å². The molecule has 12 nitrogen and oxygen atoms in total. The van der Waals surface area contributed by atoms with E-state index in [9.17, 15) is 13.2 Å². The molecule has 50 heavy (non-hydrogen) atoms. The summed E-state index contributed by atoms with van der Waals surface area (Å²) < 4.78 is 79.8. The van der Waals surface area contributed by atoms with Crippen molar-refractivity contribution in [1.82, 2.24) is 14.3 Å². The maximum Gasteiger partial charge on any atom is 0.410 e. The zero-order valence-electron chi connectivity index (χ0n) is 28.4. The molecule has 0 fully saturated rings. The lowest BCUT2D eigenvalue weighted by Crippen LogP contribution is -2.39. The average molecular weight is 753 g/mol. The molecule has 0 aliphatic heterocycles. The molecule has 0 bridgehead atoms. The minimum atomic E-state index is -4.70. The quantitative estimate of drug-likeness (QED) is 0.129. The Morgan fingerprint density at radius 2 is 1.72 bits per heavy atom. The number of benzene rings is 3. The molecule has 4 aromatic rings. The van der Waals surface area contributed by atoms with Crippen LogP contribution in [-0.2, 0) is 27.8 Å². The Balaban J connectivity index is 1.53. The van der Waals surface area contributed by atoms with Gasteiger partial charge in [-0.1, -0.05) is 17.7 Å². The number of nitrogens with zero attached hydrogens (tertiary/aromatic N) is 4. The maximum absolute atomic E-state index is 15.7. The van der Waals surface area contributed by atoms with Crippen LogP contribution < -0.4 is 24.4 Å². The summed E-state index contributed by atoms with van der Waals surface area (Å²) in [6.07, 6.45) is 0.725. The van der Waals surface area contributed by atoms with Crippen molar-refractivity contribution >= 4 is 55.8 Å². The SMILES string of the molecule is CCN(CCNc1cc(Cl)ccc1CNc1cc(F)c(S(=O)(=O)N(Cc2ccc(OC)cc2OC)c2ncns2)cc1F)C(=O)OC(C)(C)C. The molecule has 0 spiro atoms. The van der Waals surface area contributed by atoms with Crippen LogP contribution in [0.1, 0.15) is 38.8 Å². The number of carbonyl (C=O) groups excluding carboxylic acids is 1. The second-order valence-electron chi connectivity index (χ2n) is 11.8. The number of methoxy groups -OCH3 is 2. The highest BCUT2D eigenvalue weighted by atomic mass is 35.5. The molecule has 4 rings (SSSR count). The van der Waals surface area contributed by atoms with E-state index in [2.05, 4.69) is 20.0 Å². The average Bonchev–Trinajstić information content (AvgIpc) is 3.60. The predicted molar refractivity (Wildman–Crippen MR) is 190 cm³/mol. The largest absolute Gasteiger partial charge is 0.497 e. The molecule has 1 aromatic heterocycles. The third-order valence-corrected chi connectivity index (χ3v) is 10.0. The summed E-state index contributed by atoms with van der Waals surface area (Å²) in [4.78, 5) is 17.2. The van der Waals surface area contributed by atoms with Crippen molar-refractivity contribution in [2.45, 2.75) is 51.3 Å². The number of nitrogens with one attached hydrogen (secondary N) is 2.